The summed E-state index contributed by atoms with van der Waals surface area (Å²) in [6.45, 7) is 6.96. The van der Waals surface area contributed by atoms with Gasteiger partial charge in [-0.1, -0.05) is 26.0 Å². The molecule has 0 unspecified atom stereocenters. The highest BCUT2D eigenvalue weighted by Gasteiger charge is 2.26. The van der Waals surface area contributed by atoms with E-state index in [9.17, 15) is 22.4 Å². The molecule has 1 N–H and O–H groups in total. The molecule has 0 aromatic heterocycles. The molecule has 0 radical (unpaired) electrons. The molecule has 1 fully saturated rings. The van der Waals surface area contributed by atoms with Crippen molar-refractivity contribution in [3.8, 4) is 0 Å². The molecule has 2 aromatic carbocycles. The fourth-order valence-corrected chi connectivity index (χ4v) is 5.32. The van der Waals surface area contributed by atoms with Crippen molar-refractivity contribution in [1.29, 1.82) is 0 Å². The third-order valence-corrected chi connectivity index (χ3v) is 7.71. The fourth-order valence-electron chi connectivity index (χ4n) is 3.83. The van der Waals surface area contributed by atoms with Crippen LogP contribution in [-0.2, 0) is 10.0 Å². The summed E-state index contributed by atoms with van der Waals surface area (Å²) in [7, 11) is -3.86. The van der Waals surface area contributed by atoms with Crippen molar-refractivity contribution >= 4 is 27.5 Å². The van der Waals surface area contributed by atoms with Crippen molar-refractivity contribution in [2.75, 3.05) is 31.5 Å². The van der Waals surface area contributed by atoms with Crippen LogP contribution >= 0.6 is 0 Å². The number of hydrogen-bond acceptors (Lipinski definition) is 4. The van der Waals surface area contributed by atoms with E-state index in [0.717, 1.165) is 31.0 Å². The first-order chi connectivity index (χ1) is 15.2. The normalized spacial score (nSPS) is 14.1. The molecule has 3 rings (SSSR count). The first kappa shape index (κ1) is 23.9. The van der Waals surface area contributed by atoms with Gasteiger partial charge in [0.25, 0.3) is 11.8 Å². The second-order valence-corrected chi connectivity index (χ2v) is 9.62. The van der Waals surface area contributed by atoms with E-state index >= 15 is 0 Å². The third-order valence-electron chi connectivity index (χ3n) is 5.66. The number of halogens is 1. The summed E-state index contributed by atoms with van der Waals surface area (Å²) in [6, 6.07) is 8.26. The van der Waals surface area contributed by atoms with Crippen LogP contribution in [0.2, 0.25) is 0 Å². The number of nitrogens with zero attached hydrogens (tertiary/aromatic N) is 2. The van der Waals surface area contributed by atoms with Gasteiger partial charge in [-0.3, -0.25) is 9.59 Å². The Morgan fingerprint density at radius 1 is 1.06 bits per heavy atom. The molecule has 1 heterocycles. The topological polar surface area (TPSA) is 86.8 Å². The maximum absolute atomic E-state index is 14.5. The molecular formula is C23H28FN3O4S. The average molecular weight is 462 g/mol. The van der Waals surface area contributed by atoms with Gasteiger partial charge in [0.1, 0.15) is 5.82 Å². The fraction of sp³-hybridized carbons (Fsp3) is 0.391. The highest BCUT2D eigenvalue weighted by atomic mass is 32.2. The molecule has 0 spiro atoms. The van der Waals surface area contributed by atoms with Crippen molar-refractivity contribution in [2.45, 2.75) is 38.5 Å². The molecule has 2 aromatic rings. The Morgan fingerprint density at radius 2 is 1.72 bits per heavy atom. The number of likely N-dealkylation sites (tertiary alicyclic amines) is 1. The molecule has 1 aliphatic heterocycles. The average Bonchev–Trinajstić information content (AvgIpc) is 3.30. The molecule has 9 heteroatoms. The minimum Gasteiger partial charge on any atom is -0.339 e. The Labute approximate surface area is 188 Å². The van der Waals surface area contributed by atoms with E-state index in [-0.39, 0.29) is 23.9 Å². The van der Waals surface area contributed by atoms with E-state index in [4.69, 9.17) is 0 Å². The van der Waals surface area contributed by atoms with Gasteiger partial charge in [-0.25, -0.2) is 12.8 Å². The van der Waals surface area contributed by atoms with E-state index in [0.29, 0.717) is 29.9 Å². The Hall–Kier alpha value is -2.78. The smallest absolute Gasteiger partial charge is 0.258 e. The Bertz CT molecular complexity index is 1120. The van der Waals surface area contributed by atoms with Crippen LogP contribution in [0.25, 0.3) is 0 Å². The van der Waals surface area contributed by atoms with Crippen LogP contribution in [0.1, 0.15) is 53.0 Å². The third kappa shape index (κ3) is 4.68. The number of amides is 2. The number of nitrogens with one attached hydrogen (secondary N) is 1. The van der Waals surface area contributed by atoms with Gasteiger partial charge in [0.15, 0.2) is 0 Å². The number of hydrogen-bond donors (Lipinski definition) is 1. The lowest BCUT2D eigenvalue weighted by molar-refractivity contribution is 0.0793. The van der Waals surface area contributed by atoms with Crippen molar-refractivity contribution in [3.63, 3.8) is 0 Å². The van der Waals surface area contributed by atoms with Crippen LogP contribution in [0.3, 0.4) is 0 Å². The Morgan fingerprint density at radius 3 is 2.34 bits per heavy atom. The number of sulfonamides is 1. The number of para-hydroxylation sites is 1. The van der Waals surface area contributed by atoms with Crippen LogP contribution < -0.4 is 5.32 Å². The molecule has 172 valence electrons. The predicted octanol–water partition coefficient (Wildman–Crippen LogP) is 3.65. The zero-order valence-corrected chi connectivity index (χ0v) is 19.3. The summed E-state index contributed by atoms with van der Waals surface area (Å²) in [6.07, 6.45) is 1.86. The van der Waals surface area contributed by atoms with E-state index < -0.39 is 27.3 Å². The minimum atomic E-state index is -3.86. The molecule has 0 atom stereocenters. The highest BCUT2D eigenvalue weighted by molar-refractivity contribution is 7.89. The molecule has 7 nitrogen and oxygen atoms in total. The Kier molecular flexibility index (Phi) is 7.30. The van der Waals surface area contributed by atoms with E-state index in [1.807, 2.05) is 0 Å². The first-order valence-corrected chi connectivity index (χ1v) is 12.1. The summed E-state index contributed by atoms with van der Waals surface area (Å²) >= 11 is 0. The van der Waals surface area contributed by atoms with Gasteiger partial charge in [0.05, 0.1) is 21.7 Å². The van der Waals surface area contributed by atoms with Crippen LogP contribution in [0.15, 0.2) is 41.3 Å². The van der Waals surface area contributed by atoms with Crippen molar-refractivity contribution in [3.05, 3.63) is 58.9 Å². The second kappa shape index (κ2) is 9.79. The maximum atomic E-state index is 14.5. The van der Waals surface area contributed by atoms with Crippen molar-refractivity contribution in [2.24, 2.45) is 0 Å². The second-order valence-electron chi connectivity index (χ2n) is 7.68. The van der Waals surface area contributed by atoms with Gasteiger partial charge in [0.2, 0.25) is 10.0 Å². The number of benzene rings is 2. The molecule has 1 aliphatic rings. The number of aryl methyl sites for hydroxylation is 1. The van der Waals surface area contributed by atoms with E-state index in [1.165, 1.54) is 4.31 Å². The summed E-state index contributed by atoms with van der Waals surface area (Å²) in [5.41, 5.74) is 0.871. The number of carbonyl (C=O) groups is 2. The molecule has 1 saturated heterocycles. The minimum absolute atomic E-state index is 0.161. The lowest BCUT2D eigenvalue weighted by Crippen LogP contribution is -2.31. The molecule has 0 aliphatic carbocycles. The first-order valence-electron chi connectivity index (χ1n) is 10.7. The van der Waals surface area contributed by atoms with Gasteiger partial charge in [-0.05, 0) is 49.6 Å². The van der Waals surface area contributed by atoms with Crippen LogP contribution in [0, 0.1) is 12.7 Å². The van der Waals surface area contributed by atoms with E-state index in [1.54, 1.807) is 43.9 Å². The lowest BCUT2D eigenvalue weighted by Gasteiger charge is -2.20. The van der Waals surface area contributed by atoms with Crippen LogP contribution in [0.4, 0.5) is 10.1 Å². The molecular weight excluding hydrogens is 433 g/mol. The zero-order valence-electron chi connectivity index (χ0n) is 18.5. The molecule has 2 amide bonds. The summed E-state index contributed by atoms with van der Waals surface area (Å²) < 4.78 is 41.4. The lowest BCUT2D eigenvalue weighted by atomic mass is 10.1. The van der Waals surface area contributed by atoms with Crippen molar-refractivity contribution in [1.82, 2.24) is 9.21 Å². The predicted molar refractivity (Wildman–Crippen MR) is 121 cm³/mol. The SMILES string of the molecule is CCN(CC)S(=O)(=O)c1ccc(F)c(C(=O)Nc2c(C)cccc2C(=O)N2CCCC2)c1. The Balaban J connectivity index is 1.96. The molecule has 0 saturated carbocycles. The number of carbonyl (C=O) groups excluding carboxylic acids is 2. The maximum Gasteiger partial charge on any atom is 0.258 e. The van der Waals surface area contributed by atoms with Crippen molar-refractivity contribution < 1.29 is 22.4 Å². The summed E-state index contributed by atoms with van der Waals surface area (Å²) in [4.78, 5) is 27.5. The monoisotopic (exact) mass is 461 g/mol. The van der Waals surface area contributed by atoms with Crippen LogP contribution in [0.5, 0.6) is 0 Å². The van der Waals surface area contributed by atoms with Gasteiger partial charge in [-0.15, -0.1) is 0 Å². The zero-order chi connectivity index (χ0) is 23.5. The largest absolute Gasteiger partial charge is 0.339 e. The quantitative estimate of drug-likeness (QED) is 0.682. The standard InChI is InChI=1S/C23H28FN3O4S/c1-4-27(5-2)32(30,31)17-11-12-20(24)19(15-17)22(28)25-21-16(3)9-8-10-18(21)23(29)26-13-6-7-14-26/h8-12,15H,4-7,13-14H2,1-3H3,(H,25,28). The molecule has 32 heavy (non-hydrogen) atoms. The van der Waals surface area contributed by atoms with Crippen LogP contribution in [-0.4, -0.2) is 55.6 Å². The van der Waals surface area contributed by atoms with Gasteiger partial charge in [0, 0.05) is 26.2 Å². The summed E-state index contributed by atoms with van der Waals surface area (Å²) in [5, 5.41) is 2.64. The number of anilines is 1. The molecule has 0 bridgehead atoms. The van der Waals surface area contributed by atoms with Gasteiger partial charge >= 0.3 is 0 Å². The summed E-state index contributed by atoms with van der Waals surface area (Å²) in [5.74, 6) is -1.86. The van der Waals surface area contributed by atoms with Gasteiger partial charge in [-0.2, -0.15) is 4.31 Å². The highest BCUT2D eigenvalue weighted by Crippen LogP contribution is 2.26. The van der Waals surface area contributed by atoms with Gasteiger partial charge < -0.3 is 10.2 Å². The van der Waals surface area contributed by atoms with E-state index in [2.05, 4.69) is 5.32 Å². The number of rotatable bonds is 7.